The average molecular weight is 341 g/mol. The normalized spacial score (nSPS) is 11.9. The second-order valence-corrected chi connectivity index (χ2v) is 5.55. The van der Waals surface area contributed by atoms with E-state index in [0.717, 1.165) is 16.7 Å². The monoisotopic (exact) mass is 341 g/mol. The first-order chi connectivity index (χ1) is 10.8. The second-order valence-electron chi connectivity index (χ2n) is 4.70. The molecule has 0 aliphatic rings. The fourth-order valence-corrected chi connectivity index (χ4v) is 2.88. The van der Waals surface area contributed by atoms with Crippen molar-refractivity contribution < 1.29 is 23.0 Å². The summed E-state index contributed by atoms with van der Waals surface area (Å²) in [6.45, 7) is 1.74. The van der Waals surface area contributed by atoms with Gasteiger partial charge in [-0.25, -0.2) is 9.97 Å². The molecule has 3 rings (SSSR count). The number of rotatable bonds is 2. The van der Waals surface area contributed by atoms with Gasteiger partial charge in [-0.15, -0.1) is 11.3 Å². The van der Waals surface area contributed by atoms with E-state index in [4.69, 9.17) is 4.74 Å². The van der Waals surface area contributed by atoms with Crippen molar-refractivity contribution in [2.24, 2.45) is 0 Å². The highest BCUT2D eigenvalue weighted by atomic mass is 32.1. The van der Waals surface area contributed by atoms with Crippen molar-refractivity contribution in [3.8, 4) is 22.5 Å². The van der Waals surface area contributed by atoms with E-state index in [-0.39, 0.29) is 16.7 Å². The van der Waals surface area contributed by atoms with Crippen LogP contribution in [0.1, 0.15) is 11.3 Å². The van der Waals surface area contributed by atoms with Crippen molar-refractivity contribution >= 4 is 22.2 Å². The third-order valence-corrected chi connectivity index (χ3v) is 4.10. The zero-order valence-corrected chi connectivity index (χ0v) is 12.8. The van der Waals surface area contributed by atoms with Crippen LogP contribution in [0.5, 0.6) is 11.6 Å². The van der Waals surface area contributed by atoms with E-state index < -0.39 is 11.9 Å². The zero-order chi connectivity index (χ0) is 16.8. The summed E-state index contributed by atoms with van der Waals surface area (Å²) in [4.78, 5) is 11.6. The fourth-order valence-electron chi connectivity index (χ4n) is 2.12. The third kappa shape index (κ3) is 2.67. The van der Waals surface area contributed by atoms with Gasteiger partial charge in [0.1, 0.15) is 5.75 Å². The Kier molecular flexibility index (Phi) is 3.59. The lowest BCUT2D eigenvalue weighted by molar-refractivity contribution is -0.140. The van der Waals surface area contributed by atoms with Crippen molar-refractivity contribution in [3.63, 3.8) is 0 Å². The highest BCUT2D eigenvalue weighted by Gasteiger charge is 2.34. The summed E-state index contributed by atoms with van der Waals surface area (Å²) < 4.78 is 43.1. The molecule has 23 heavy (non-hydrogen) atoms. The van der Waals surface area contributed by atoms with E-state index in [2.05, 4.69) is 15.0 Å². The second kappa shape index (κ2) is 5.34. The number of aromatic nitrogens is 3. The molecule has 0 spiro atoms. The SMILES string of the molecule is COc1ccc2c(O)nc(-c3nc(C(F)(F)F)cs3)nc2c1C. The summed E-state index contributed by atoms with van der Waals surface area (Å²) in [5.74, 6) is 0.169. The summed E-state index contributed by atoms with van der Waals surface area (Å²) in [7, 11) is 1.49. The maximum absolute atomic E-state index is 12.6. The van der Waals surface area contributed by atoms with Crippen LogP contribution in [0.2, 0.25) is 0 Å². The number of halogens is 3. The van der Waals surface area contributed by atoms with Crippen LogP contribution in [-0.2, 0) is 6.18 Å². The van der Waals surface area contributed by atoms with Crippen molar-refractivity contribution in [1.82, 2.24) is 15.0 Å². The van der Waals surface area contributed by atoms with Gasteiger partial charge in [0.15, 0.2) is 16.5 Å². The van der Waals surface area contributed by atoms with Crippen LogP contribution in [0.3, 0.4) is 0 Å². The first kappa shape index (κ1) is 15.5. The Morgan fingerprint density at radius 3 is 2.52 bits per heavy atom. The smallest absolute Gasteiger partial charge is 0.434 e. The first-order valence-corrected chi connectivity index (χ1v) is 7.26. The van der Waals surface area contributed by atoms with Crippen LogP contribution >= 0.6 is 11.3 Å². The van der Waals surface area contributed by atoms with Gasteiger partial charge in [0.25, 0.3) is 0 Å². The van der Waals surface area contributed by atoms with Gasteiger partial charge in [0.2, 0.25) is 5.88 Å². The van der Waals surface area contributed by atoms with E-state index in [9.17, 15) is 18.3 Å². The molecule has 0 bridgehead atoms. The summed E-state index contributed by atoms with van der Waals surface area (Å²) in [5.41, 5.74) is 0.0372. The van der Waals surface area contributed by atoms with Gasteiger partial charge in [-0.1, -0.05) is 0 Å². The molecule has 1 N–H and O–H groups in total. The van der Waals surface area contributed by atoms with Crippen molar-refractivity contribution in [1.29, 1.82) is 0 Å². The lowest BCUT2D eigenvalue weighted by atomic mass is 10.1. The van der Waals surface area contributed by atoms with Gasteiger partial charge in [-0.2, -0.15) is 18.2 Å². The molecule has 1 aromatic carbocycles. The summed E-state index contributed by atoms with van der Waals surface area (Å²) in [5, 5.41) is 11.3. The number of fused-ring (bicyclic) bond motifs is 1. The maximum atomic E-state index is 12.6. The molecular weight excluding hydrogens is 331 g/mol. The number of methoxy groups -OCH3 is 1. The minimum Gasteiger partial charge on any atom is -0.496 e. The molecule has 0 amide bonds. The van der Waals surface area contributed by atoms with Crippen molar-refractivity contribution in [2.45, 2.75) is 13.1 Å². The highest BCUT2D eigenvalue weighted by Crippen LogP contribution is 2.35. The van der Waals surface area contributed by atoms with E-state index in [1.54, 1.807) is 19.1 Å². The Hall–Kier alpha value is -2.42. The number of nitrogens with zero attached hydrogens (tertiary/aromatic N) is 3. The number of aryl methyl sites for hydroxylation is 1. The predicted molar refractivity (Wildman–Crippen MR) is 78.6 cm³/mol. The van der Waals surface area contributed by atoms with Gasteiger partial charge < -0.3 is 9.84 Å². The molecule has 3 aromatic rings. The van der Waals surface area contributed by atoms with E-state index in [1.807, 2.05) is 0 Å². The Bertz CT molecular complexity index is 893. The van der Waals surface area contributed by atoms with E-state index in [0.29, 0.717) is 22.2 Å². The number of ether oxygens (including phenoxy) is 1. The fraction of sp³-hybridized carbons (Fsp3) is 0.214. The molecule has 0 fully saturated rings. The minimum absolute atomic E-state index is 0.0169. The Balaban J connectivity index is 2.19. The molecule has 0 saturated carbocycles. The molecule has 2 aromatic heterocycles. The van der Waals surface area contributed by atoms with Crippen LogP contribution in [0, 0.1) is 6.92 Å². The molecule has 0 saturated heterocycles. The van der Waals surface area contributed by atoms with Gasteiger partial charge >= 0.3 is 6.18 Å². The van der Waals surface area contributed by atoms with Gasteiger partial charge in [0.05, 0.1) is 18.0 Å². The third-order valence-electron chi connectivity index (χ3n) is 3.26. The van der Waals surface area contributed by atoms with E-state index in [1.165, 1.54) is 7.11 Å². The van der Waals surface area contributed by atoms with Crippen LogP contribution in [0.25, 0.3) is 21.7 Å². The van der Waals surface area contributed by atoms with Crippen LogP contribution in [0.15, 0.2) is 17.5 Å². The lowest BCUT2D eigenvalue weighted by Gasteiger charge is -2.09. The number of thiazole rings is 1. The number of alkyl halides is 3. The molecule has 9 heteroatoms. The molecule has 0 aliphatic heterocycles. The topological polar surface area (TPSA) is 68.1 Å². The van der Waals surface area contributed by atoms with Gasteiger partial charge in [-0.3, -0.25) is 0 Å². The molecular formula is C14H10F3N3O2S. The quantitative estimate of drug-likeness (QED) is 0.768. The van der Waals surface area contributed by atoms with Crippen LogP contribution in [0.4, 0.5) is 13.2 Å². The standard InChI is InChI=1S/C14H10F3N3O2S/c1-6-8(22-2)4-3-7-10(6)19-11(20-12(7)21)13-18-9(5-23-13)14(15,16)17/h3-5H,1-2H3,(H,19,20,21). The van der Waals surface area contributed by atoms with Crippen molar-refractivity contribution in [3.05, 3.63) is 28.8 Å². The lowest BCUT2D eigenvalue weighted by Crippen LogP contribution is -2.05. The average Bonchev–Trinajstić information content (AvgIpc) is 2.98. The molecule has 0 unspecified atom stereocenters. The Morgan fingerprint density at radius 2 is 1.91 bits per heavy atom. The predicted octanol–water partition coefficient (Wildman–Crippen LogP) is 3.79. The summed E-state index contributed by atoms with van der Waals surface area (Å²) in [6, 6.07) is 3.24. The van der Waals surface area contributed by atoms with Crippen molar-refractivity contribution in [2.75, 3.05) is 7.11 Å². The zero-order valence-electron chi connectivity index (χ0n) is 12.0. The highest BCUT2D eigenvalue weighted by molar-refractivity contribution is 7.13. The largest absolute Gasteiger partial charge is 0.496 e. The van der Waals surface area contributed by atoms with Gasteiger partial charge in [0, 0.05) is 10.9 Å². The summed E-state index contributed by atoms with van der Waals surface area (Å²) >= 11 is 0.764. The number of hydrogen-bond acceptors (Lipinski definition) is 6. The summed E-state index contributed by atoms with van der Waals surface area (Å²) in [6.07, 6.45) is -4.53. The number of benzene rings is 1. The van der Waals surface area contributed by atoms with Gasteiger partial charge in [-0.05, 0) is 19.1 Å². The molecule has 0 atom stereocenters. The minimum atomic E-state index is -4.53. The molecule has 2 heterocycles. The first-order valence-electron chi connectivity index (χ1n) is 6.38. The molecule has 0 radical (unpaired) electrons. The molecule has 5 nitrogen and oxygen atoms in total. The molecule has 0 aliphatic carbocycles. The van der Waals surface area contributed by atoms with E-state index >= 15 is 0 Å². The Labute approximate surface area is 132 Å². The molecule has 120 valence electrons. The van der Waals surface area contributed by atoms with Crippen LogP contribution < -0.4 is 4.74 Å². The maximum Gasteiger partial charge on any atom is 0.434 e. The number of hydrogen-bond donors (Lipinski definition) is 1. The Morgan fingerprint density at radius 1 is 1.17 bits per heavy atom. The van der Waals surface area contributed by atoms with Crippen LogP contribution in [-0.4, -0.2) is 27.2 Å². The number of aromatic hydroxyl groups is 1.